The third-order valence-electron chi connectivity index (χ3n) is 2.41. The van der Waals surface area contributed by atoms with Gasteiger partial charge in [0, 0.05) is 5.56 Å². The van der Waals surface area contributed by atoms with Gasteiger partial charge in [-0.3, -0.25) is 0 Å². The van der Waals surface area contributed by atoms with Gasteiger partial charge in [-0.1, -0.05) is 6.92 Å². The Kier molecular flexibility index (Phi) is 1.79. The van der Waals surface area contributed by atoms with E-state index in [1.54, 1.807) is 0 Å². The van der Waals surface area contributed by atoms with Crippen LogP contribution in [0.3, 0.4) is 0 Å². The minimum absolute atomic E-state index is 0.327. The summed E-state index contributed by atoms with van der Waals surface area (Å²) in [6, 6.07) is 0. The van der Waals surface area contributed by atoms with Crippen LogP contribution in [0, 0.1) is 11.9 Å². The van der Waals surface area contributed by atoms with E-state index in [1.807, 2.05) is 0 Å². The highest BCUT2D eigenvalue weighted by Crippen LogP contribution is 2.24. The zero-order chi connectivity index (χ0) is 8.55. The lowest BCUT2D eigenvalue weighted by Gasteiger charge is -2.19. The lowest BCUT2D eigenvalue weighted by atomic mass is 9.89. The monoisotopic (exact) mass is 166 g/mol. The molecule has 0 saturated heterocycles. The smallest absolute Gasteiger partial charge is 0.219 e. The summed E-state index contributed by atoms with van der Waals surface area (Å²) in [5.74, 6) is 0.304. The molecule has 0 fully saturated rings. The van der Waals surface area contributed by atoms with Crippen LogP contribution < -0.4 is 0 Å². The first-order valence-electron chi connectivity index (χ1n) is 4.25. The van der Waals surface area contributed by atoms with Crippen molar-refractivity contribution in [2.45, 2.75) is 26.2 Å². The van der Waals surface area contributed by atoms with Crippen molar-refractivity contribution in [1.82, 2.24) is 9.97 Å². The summed E-state index contributed by atoms with van der Waals surface area (Å²) < 4.78 is 13.0. The Labute approximate surface area is 70.9 Å². The molecule has 1 aliphatic carbocycles. The van der Waals surface area contributed by atoms with Crippen LogP contribution >= 0.6 is 0 Å². The molecule has 0 N–H and O–H groups in total. The molecule has 1 aromatic heterocycles. The maximum absolute atomic E-state index is 13.0. The second-order valence-corrected chi connectivity index (χ2v) is 3.44. The molecule has 0 aliphatic heterocycles. The normalized spacial score (nSPS) is 22.0. The zero-order valence-electron chi connectivity index (χ0n) is 7.05. The average Bonchev–Trinajstić information content (AvgIpc) is 2.04. The highest BCUT2D eigenvalue weighted by atomic mass is 19.1. The molecule has 0 saturated carbocycles. The SMILES string of the molecule is CC1CCc2c(F)ncnc2C1. The summed E-state index contributed by atoms with van der Waals surface area (Å²) >= 11 is 0. The Morgan fingerprint density at radius 2 is 2.33 bits per heavy atom. The molecular formula is C9H11FN2. The Morgan fingerprint density at radius 3 is 3.17 bits per heavy atom. The molecule has 0 bridgehead atoms. The van der Waals surface area contributed by atoms with Crippen molar-refractivity contribution in [1.29, 1.82) is 0 Å². The lowest BCUT2D eigenvalue weighted by molar-refractivity contribution is 0.461. The van der Waals surface area contributed by atoms with E-state index in [-0.39, 0.29) is 5.95 Å². The Bertz CT molecular complexity index is 299. The Morgan fingerprint density at radius 1 is 1.50 bits per heavy atom. The summed E-state index contributed by atoms with van der Waals surface area (Å²) in [4.78, 5) is 7.62. The Balaban J connectivity index is 2.42. The third-order valence-corrected chi connectivity index (χ3v) is 2.41. The summed E-state index contributed by atoms with van der Waals surface area (Å²) in [6.07, 6.45) is 4.06. The number of fused-ring (bicyclic) bond motifs is 1. The molecule has 1 unspecified atom stereocenters. The molecule has 1 atom stereocenters. The molecule has 1 aliphatic rings. The fraction of sp³-hybridized carbons (Fsp3) is 0.556. The summed E-state index contributed by atoms with van der Waals surface area (Å²) in [7, 11) is 0. The van der Waals surface area contributed by atoms with Crippen molar-refractivity contribution < 1.29 is 4.39 Å². The van der Waals surface area contributed by atoms with Crippen molar-refractivity contribution in [3.63, 3.8) is 0 Å². The first-order valence-corrected chi connectivity index (χ1v) is 4.25. The fourth-order valence-corrected chi connectivity index (χ4v) is 1.67. The molecule has 3 heteroatoms. The lowest BCUT2D eigenvalue weighted by Crippen LogP contribution is -2.15. The van der Waals surface area contributed by atoms with Crippen LogP contribution in [0.15, 0.2) is 6.33 Å². The first-order chi connectivity index (χ1) is 5.77. The van der Waals surface area contributed by atoms with E-state index in [0.717, 1.165) is 30.5 Å². The van der Waals surface area contributed by atoms with E-state index in [2.05, 4.69) is 16.9 Å². The first kappa shape index (κ1) is 7.65. The summed E-state index contributed by atoms with van der Waals surface area (Å²) in [6.45, 7) is 2.17. The van der Waals surface area contributed by atoms with Crippen LogP contribution in [-0.4, -0.2) is 9.97 Å². The van der Waals surface area contributed by atoms with E-state index < -0.39 is 0 Å². The van der Waals surface area contributed by atoms with Crippen LogP contribution in [0.4, 0.5) is 4.39 Å². The molecule has 0 spiro atoms. The molecule has 64 valence electrons. The molecule has 1 aromatic rings. The quantitative estimate of drug-likeness (QED) is 0.548. The van der Waals surface area contributed by atoms with E-state index >= 15 is 0 Å². The third kappa shape index (κ3) is 1.19. The van der Waals surface area contributed by atoms with Gasteiger partial charge in [-0.05, 0) is 25.2 Å². The number of halogens is 1. The van der Waals surface area contributed by atoms with E-state index in [0.29, 0.717) is 5.92 Å². The largest absolute Gasteiger partial charge is 0.241 e. The van der Waals surface area contributed by atoms with Crippen molar-refractivity contribution in [3.8, 4) is 0 Å². The van der Waals surface area contributed by atoms with Crippen LogP contribution in [0.1, 0.15) is 24.6 Å². The van der Waals surface area contributed by atoms with Crippen molar-refractivity contribution in [3.05, 3.63) is 23.5 Å². The molecular weight excluding hydrogens is 155 g/mol. The highest BCUT2D eigenvalue weighted by Gasteiger charge is 2.19. The van der Waals surface area contributed by atoms with Crippen LogP contribution in [-0.2, 0) is 12.8 Å². The van der Waals surface area contributed by atoms with Gasteiger partial charge >= 0.3 is 0 Å². The maximum atomic E-state index is 13.0. The fourth-order valence-electron chi connectivity index (χ4n) is 1.67. The standard InChI is InChI=1S/C9H11FN2/c1-6-2-3-7-8(4-6)11-5-12-9(7)10/h5-6H,2-4H2,1H3. The van der Waals surface area contributed by atoms with Crippen LogP contribution in [0.5, 0.6) is 0 Å². The van der Waals surface area contributed by atoms with Gasteiger partial charge in [-0.2, -0.15) is 4.39 Å². The molecule has 1 heterocycles. The van der Waals surface area contributed by atoms with E-state index in [9.17, 15) is 4.39 Å². The van der Waals surface area contributed by atoms with Crippen LogP contribution in [0.2, 0.25) is 0 Å². The van der Waals surface area contributed by atoms with Crippen molar-refractivity contribution >= 4 is 0 Å². The average molecular weight is 166 g/mol. The molecule has 2 rings (SSSR count). The van der Waals surface area contributed by atoms with E-state index in [1.165, 1.54) is 6.33 Å². The summed E-state index contributed by atoms with van der Waals surface area (Å²) in [5, 5.41) is 0. The number of nitrogens with zero attached hydrogens (tertiary/aromatic N) is 2. The van der Waals surface area contributed by atoms with Gasteiger partial charge in [0.2, 0.25) is 5.95 Å². The minimum atomic E-state index is -0.327. The number of hydrogen-bond acceptors (Lipinski definition) is 2. The molecule has 0 radical (unpaired) electrons. The van der Waals surface area contributed by atoms with Gasteiger partial charge in [-0.15, -0.1) is 0 Å². The van der Waals surface area contributed by atoms with Gasteiger partial charge in [0.05, 0.1) is 5.69 Å². The molecule has 0 amide bonds. The topological polar surface area (TPSA) is 25.8 Å². The predicted molar refractivity (Wildman–Crippen MR) is 43.2 cm³/mol. The van der Waals surface area contributed by atoms with Crippen molar-refractivity contribution in [2.24, 2.45) is 5.92 Å². The number of rotatable bonds is 0. The second kappa shape index (κ2) is 2.81. The van der Waals surface area contributed by atoms with Crippen molar-refractivity contribution in [2.75, 3.05) is 0 Å². The van der Waals surface area contributed by atoms with Gasteiger partial charge < -0.3 is 0 Å². The van der Waals surface area contributed by atoms with Crippen LogP contribution in [0.25, 0.3) is 0 Å². The van der Waals surface area contributed by atoms with Gasteiger partial charge in [-0.25, -0.2) is 9.97 Å². The molecule has 12 heavy (non-hydrogen) atoms. The predicted octanol–water partition coefficient (Wildman–Crippen LogP) is 1.74. The zero-order valence-corrected chi connectivity index (χ0v) is 7.05. The number of aromatic nitrogens is 2. The maximum Gasteiger partial charge on any atom is 0.219 e. The van der Waals surface area contributed by atoms with Gasteiger partial charge in [0.25, 0.3) is 0 Å². The molecule has 2 nitrogen and oxygen atoms in total. The highest BCUT2D eigenvalue weighted by molar-refractivity contribution is 5.20. The van der Waals surface area contributed by atoms with E-state index in [4.69, 9.17) is 0 Å². The Hall–Kier alpha value is -0.990. The summed E-state index contributed by atoms with van der Waals surface area (Å²) in [5.41, 5.74) is 1.64. The molecule has 0 aromatic carbocycles. The second-order valence-electron chi connectivity index (χ2n) is 3.44. The minimum Gasteiger partial charge on any atom is -0.241 e. The van der Waals surface area contributed by atoms with Gasteiger partial charge in [0.15, 0.2) is 0 Å². The van der Waals surface area contributed by atoms with Gasteiger partial charge in [0.1, 0.15) is 6.33 Å². The number of hydrogen-bond donors (Lipinski definition) is 0.